The quantitative estimate of drug-likeness (QED) is 0.399. The van der Waals surface area contributed by atoms with Gasteiger partial charge in [0.2, 0.25) is 0 Å². The van der Waals surface area contributed by atoms with E-state index < -0.39 is 0 Å². The lowest BCUT2D eigenvalue weighted by Gasteiger charge is -1.92. The van der Waals surface area contributed by atoms with Crippen molar-refractivity contribution in [1.29, 1.82) is 5.41 Å². The second-order valence-electron chi connectivity index (χ2n) is 1.01. The first-order chi connectivity index (χ1) is 2.81. The zero-order valence-corrected chi connectivity index (χ0v) is 4.46. The Balaban J connectivity index is 2.96. The second kappa shape index (κ2) is 3.18. The number of hydrogen-bond donors (Lipinski definition) is 2. The molecule has 0 rings (SSSR count). The lowest BCUT2D eigenvalue weighted by molar-refractivity contribution is 1.31. The summed E-state index contributed by atoms with van der Waals surface area (Å²) in [6.45, 7) is 1.87. The summed E-state index contributed by atoms with van der Waals surface area (Å²) >= 11 is 1.18. The van der Waals surface area contributed by atoms with Crippen molar-refractivity contribution in [3.05, 3.63) is 0 Å². The van der Waals surface area contributed by atoms with Crippen molar-refractivity contribution >= 4 is 18.2 Å². The Kier molecular flexibility index (Phi) is 3.17. The van der Waals surface area contributed by atoms with Crippen molar-refractivity contribution in [1.82, 2.24) is 0 Å². The molecule has 0 fully saturated rings. The molecule has 0 heterocycles. The molecule has 0 spiro atoms. The molecule has 0 amide bonds. The average molecular weight is 104 g/mol. The molecule has 0 aliphatic heterocycles. The van der Waals surface area contributed by atoms with Gasteiger partial charge in [0.15, 0.2) is 0 Å². The fraction of sp³-hybridized carbons (Fsp3) is 0.667. The van der Waals surface area contributed by atoms with Crippen LogP contribution in [0.25, 0.3) is 0 Å². The number of nitrogens with two attached hydrogens (primary N) is 1. The van der Waals surface area contributed by atoms with Gasteiger partial charge in [0.05, 0.1) is 5.25 Å². The summed E-state index contributed by atoms with van der Waals surface area (Å²) in [5, 5.41) is 11.8. The van der Waals surface area contributed by atoms with Crippen molar-refractivity contribution < 1.29 is 0 Å². The summed E-state index contributed by atoms with van der Waals surface area (Å²) in [6.07, 6.45) is 1.31. The van der Waals surface area contributed by atoms with Crippen LogP contribution in [0, 0.1) is 5.41 Å². The van der Waals surface area contributed by atoms with E-state index in [0.717, 1.165) is 0 Å². The molecule has 0 aromatic rings. The summed E-state index contributed by atoms with van der Waals surface area (Å²) < 4.78 is 0. The van der Waals surface area contributed by atoms with E-state index >= 15 is 0 Å². The SMILES string of the molecule is CC(C=N)SN. The highest BCUT2D eigenvalue weighted by molar-refractivity contribution is 7.98. The van der Waals surface area contributed by atoms with Crippen LogP contribution < -0.4 is 5.14 Å². The largest absolute Gasteiger partial charge is 0.312 e. The van der Waals surface area contributed by atoms with Crippen LogP contribution in [0.2, 0.25) is 0 Å². The molecule has 0 aromatic heterocycles. The Hall–Kier alpha value is -0.0200. The predicted molar refractivity (Wildman–Crippen MR) is 30.0 cm³/mol. The molecule has 0 saturated carbocycles. The Morgan fingerprint density at radius 2 is 2.50 bits per heavy atom. The van der Waals surface area contributed by atoms with Gasteiger partial charge < -0.3 is 5.41 Å². The predicted octanol–water partition coefficient (Wildman–Crippen LogP) is 0.631. The molecule has 36 valence electrons. The van der Waals surface area contributed by atoms with Crippen LogP contribution >= 0.6 is 11.9 Å². The van der Waals surface area contributed by atoms with Gasteiger partial charge in [0, 0.05) is 6.21 Å². The van der Waals surface area contributed by atoms with E-state index in [4.69, 9.17) is 10.5 Å². The highest BCUT2D eigenvalue weighted by Gasteiger charge is 1.87. The first kappa shape index (κ1) is 5.98. The van der Waals surface area contributed by atoms with Crippen molar-refractivity contribution in [3.8, 4) is 0 Å². The minimum Gasteiger partial charge on any atom is -0.312 e. The summed E-state index contributed by atoms with van der Waals surface area (Å²) in [6, 6.07) is 0. The van der Waals surface area contributed by atoms with Crippen LogP contribution in [0.1, 0.15) is 6.92 Å². The van der Waals surface area contributed by atoms with E-state index in [1.807, 2.05) is 6.92 Å². The van der Waals surface area contributed by atoms with Gasteiger partial charge in [-0.05, 0) is 6.92 Å². The molecule has 3 heteroatoms. The topological polar surface area (TPSA) is 49.9 Å². The maximum atomic E-state index is 6.58. The molecule has 1 atom stereocenters. The summed E-state index contributed by atoms with van der Waals surface area (Å²) in [7, 11) is 0. The first-order valence-corrected chi connectivity index (χ1v) is 2.61. The van der Waals surface area contributed by atoms with E-state index in [9.17, 15) is 0 Å². The van der Waals surface area contributed by atoms with Crippen LogP contribution in [-0.4, -0.2) is 11.5 Å². The van der Waals surface area contributed by atoms with Gasteiger partial charge in [-0.25, -0.2) is 0 Å². The van der Waals surface area contributed by atoms with Crippen LogP contribution in [0.15, 0.2) is 0 Å². The molecule has 1 unspecified atom stereocenters. The van der Waals surface area contributed by atoms with E-state index in [-0.39, 0.29) is 5.25 Å². The van der Waals surface area contributed by atoms with Crippen LogP contribution in [0.3, 0.4) is 0 Å². The third kappa shape index (κ3) is 2.23. The Labute approximate surface area is 41.8 Å². The minimum atomic E-state index is 0.171. The Morgan fingerprint density at radius 3 is 2.50 bits per heavy atom. The highest BCUT2D eigenvalue weighted by atomic mass is 32.2. The van der Waals surface area contributed by atoms with Gasteiger partial charge in [-0.15, -0.1) is 0 Å². The van der Waals surface area contributed by atoms with Crippen LogP contribution in [0.5, 0.6) is 0 Å². The Morgan fingerprint density at radius 1 is 2.00 bits per heavy atom. The molecule has 3 N–H and O–H groups in total. The molecule has 0 aliphatic carbocycles. The van der Waals surface area contributed by atoms with Gasteiger partial charge in [0.25, 0.3) is 0 Å². The third-order valence-electron chi connectivity index (χ3n) is 0.449. The van der Waals surface area contributed by atoms with Gasteiger partial charge >= 0.3 is 0 Å². The molecular formula is C3H8N2S. The van der Waals surface area contributed by atoms with E-state index in [2.05, 4.69) is 0 Å². The molecule has 0 radical (unpaired) electrons. The van der Waals surface area contributed by atoms with Crippen LogP contribution in [0.4, 0.5) is 0 Å². The van der Waals surface area contributed by atoms with Crippen molar-refractivity contribution in [2.75, 3.05) is 0 Å². The third-order valence-corrected chi connectivity index (χ3v) is 1.01. The van der Waals surface area contributed by atoms with Gasteiger partial charge in [-0.2, -0.15) is 0 Å². The molecular weight excluding hydrogens is 96.1 g/mol. The summed E-state index contributed by atoms with van der Waals surface area (Å²) in [4.78, 5) is 0. The lowest BCUT2D eigenvalue weighted by atomic mass is 10.5. The zero-order valence-electron chi connectivity index (χ0n) is 3.64. The van der Waals surface area contributed by atoms with Crippen molar-refractivity contribution in [3.63, 3.8) is 0 Å². The van der Waals surface area contributed by atoms with E-state index in [0.29, 0.717) is 0 Å². The first-order valence-electron chi connectivity index (χ1n) is 1.67. The normalized spacial score (nSPS) is 13.7. The molecule has 0 aromatic carbocycles. The molecule has 0 aliphatic rings. The average Bonchev–Trinajstić information content (AvgIpc) is 1.65. The smallest absolute Gasteiger partial charge is 0.0508 e. The number of hydrogen-bond acceptors (Lipinski definition) is 3. The Bertz CT molecular complexity index is 46.1. The fourth-order valence-corrected chi connectivity index (χ4v) is 0.118. The minimum absolute atomic E-state index is 0.171. The molecule has 6 heavy (non-hydrogen) atoms. The maximum absolute atomic E-state index is 6.58. The van der Waals surface area contributed by atoms with Gasteiger partial charge in [-0.3, -0.25) is 5.14 Å². The zero-order chi connectivity index (χ0) is 4.99. The summed E-state index contributed by atoms with van der Waals surface area (Å²) in [5.41, 5.74) is 0. The highest BCUT2D eigenvalue weighted by Crippen LogP contribution is 1.93. The van der Waals surface area contributed by atoms with Crippen molar-refractivity contribution in [2.45, 2.75) is 12.2 Å². The molecule has 0 saturated heterocycles. The molecule has 2 nitrogen and oxygen atoms in total. The standard InChI is InChI=1S/C3H8N2S/c1-3(2-4)6-5/h2-4H,5H2,1H3. The van der Waals surface area contributed by atoms with Gasteiger partial charge in [-0.1, -0.05) is 11.9 Å². The molecule has 0 bridgehead atoms. The van der Waals surface area contributed by atoms with Crippen LogP contribution in [-0.2, 0) is 0 Å². The lowest BCUT2D eigenvalue weighted by Crippen LogP contribution is -1.98. The fourth-order valence-electron chi connectivity index (χ4n) is 0.0393. The maximum Gasteiger partial charge on any atom is 0.0508 e. The number of rotatable bonds is 2. The second-order valence-corrected chi connectivity index (χ2v) is 2.02. The van der Waals surface area contributed by atoms with Crippen molar-refractivity contribution in [2.24, 2.45) is 5.14 Å². The van der Waals surface area contributed by atoms with E-state index in [1.54, 1.807) is 0 Å². The van der Waals surface area contributed by atoms with E-state index in [1.165, 1.54) is 18.2 Å². The summed E-state index contributed by atoms with van der Waals surface area (Å²) in [5.74, 6) is 0. The van der Waals surface area contributed by atoms with Gasteiger partial charge in [0.1, 0.15) is 0 Å². The number of nitrogens with one attached hydrogen (secondary N) is 1. The monoisotopic (exact) mass is 104 g/mol.